The van der Waals surface area contributed by atoms with E-state index in [1.54, 1.807) is 18.9 Å². The van der Waals surface area contributed by atoms with Crippen LogP contribution >= 0.6 is 95.3 Å². The van der Waals surface area contributed by atoms with Crippen LogP contribution < -0.4 is 10.6 Å². The van der Waals surface area contributed by atoms with Gasteiger partial charge in [-0.2, -0.15) is 0 Å². The van der Waals surface area contributed by atoms with E-state index in [4.69, 9.17) is 88.5 Å². The average molecular weight is 1810 g/mol. The number of carbonyl (C=O) groups is 2. The SMILES string of the molecule is COOSN1CCC(C2c3ccc(Cl)cc3C(=O)Cc3cccnc32)CC1.COOSN1CCC(C2c3ccc(Cl)cc3C(NCCc3cnc[nH]3)=Cc3cccnc32)CC1.COOSN1CCC(C2c3ccc(Cl)cc3C=C(NCCc3cnc[nH]3)c3cccnc32)CC1.COOSN1CCC(C2c3ccc(Cl)cc3CC(=O)c3cccnc32)CC1. The Balaban J connectivity index is 0.000000127. The summed E-state index contributed by atoms with van der Waals surface area (Å²) in [6, 6.07) is 40.2. The van der Waals surface area contributed by atoms with E-state index in [9.17, 15) is 9.59 Å². The highest BCUT2D eigenvalue weighted by molar-refractivity contribution is 7.92. The van der Waals surface area contributed by atoms with Crippen molar-refractivity contribution in [3.8, 4) is 0 Å². The number of rotatable bonds is 24. The van der Waals surface area contributed by atoms with Gasteiger partial charge in [0, 0.05) is 217 Å². The molecule has 4 aliphatic heterocycles. The lowest BCUT2D eigenvalue weighted by atomic mass is 9.76. The monoisotopic (exact) mass is 1800 g/mol. The molecule has 0 bridgehead atoms. The van der Waals surface area contributed by atoms with Crippen LogP contribution in [0.4, 0.5) is 0 Å². The summed E-state index contributed by atoms with van der Waals surface area (Å²) in [5, 5.41) is 10.1. The minimum absolute atomic E-state index is 0.107. The summed E-state index contributed by atoms with van der Waals surface area (Å²) < 4.78 is 28.8. The molecule has 18 rings (SSSR count). The maximum absolute atomic E-state index is 12.9. The number of hydrogen-bond acceptors (Lipinski definition) is 26. The maximum Gasteiger partial charge on any atom is 0.169 e. The molecule has 0 saturated carbocycles. The first-order valence-corrected chi connectivity index (χ1v) is 45.5. The van der Waals surface area contributed by atoms with Gasteiger partial charge in [-0.1, -0.05) is 82.8 Å². The predicted molar refractivity (Wildman–Crippen MR) is 482 cm³/mol. The molecule has 122 heavy (non-hydrogen) atoms. The Morgan fingerprint density at radius 3 is 1.28 bits per heavy atom. The van der Waals surface area contributed by atoms with Crippen LogP contribution in [0.25, 0.3) is 23.5 Å². The van der Waals surface area contributed by atoms with Gasteiger partial charge in [0.05, 0.1) is 63.9 Å². The molecule has 4 atom stereocenters. The highest BCUT2D eigenvalue weighted by atomic mass is 35.5. The van der Waals surface area contributed by atoms with Gasteiger partial charge in [0.25, 0.3) is 0 Å². The number of ketones is 2. The average Bonchev–Trinajstić information content (AvgIpc) is 1.65. The van der Waals surface area contributed by atoms with Crippen LogP contribution in [0.15, 0.2) is 171 Å². The maximum atomic E-state index is 12.9. The molecule has 0 amide bonds. The molecule has 32 heteroatoms. The first-order valence-electron chi connectivity index (χ1n) is 41.2. The summed E-state index contributed by atoms with van der Waals surface area (Å²) in [4.78, 5) is 78.4. The van der Waals surface area contributed by atoms with E-state index < -0.39 is 0 Å². The van der Waals surface area contributed by atoms with Crippen molar-refractivity contribution in [1.29, 1.82) is 0 Å². The van der Waals surface area contributed by atoms with Crippen molar-refractivity contribution in [2.45, 2.75) is 101 Å². The Hall–Kier alpha value is -7.60. The number of hydrogen-bond donors (Lipinski definition) is 4. The fourth-order valence-corrected chi connectivity index (χ4v) is 21.0. The number of nitrogens with one attached hydrogen (secondary N) is 4. The number of nitrogens with zero attached hydrogens (tertiary/aromatic N) is 10. The Kier molecular flexibility index (Phi) is 32.2. The summed E-state index contributed by atoms with van der Waals surface area (Å²) >= 11 is 30.4. The van der Waals surface area contributed by atoms with Gasteiger partial charge in [0.1, 0.15) is 48.9 Å². The van der Waals surface area contributed by atoms with E-state index in [1.807, 2.05) is 110 Å². The molecule has 10 heterocycles. The van der Waals surface area contributed by atoms with E-state index in [0.717, 1.165) is 235 Å². The van der Waals surface area contributed by atoms with Crippen LogP contribution in [0, 0.1) is 23.7 Å². The highest BCUT2D eigenvalue weighted by Crippen LogP contribution is 2.50. The van der Waals surface area contributed by atoms with Crippen LogP contribution in [0.2, 0.25) is 20.1 Å². The molecule has 4 saturated heterocycles. The molecule has 4 aliphatic carbocycles. The molecular formula is C90H98Cl4N14O10S4. The second-order valence-corrected chi connectivity index (χ2v) is 36.0. The lowest BCUT2D eigenvalue weighted by Crippen LogP contribution is -2.32. The van der Waals surface area contributed by atoms with Gasteiger partial charge in [-0.15, -0.1) is 17.3 Å². The Morgan fingerprint density at radius 2 is 0.770 bits per heavy atom. The van der Waals surface area contributed by atoms with E-state index in [-0.39, 0.29) is 35.2 Å². The molecule has 0 radical (unpaired) electrons. The summed E-state index contributed by atoms with van der Waals surface area (Å²) in [6.07, 6.45) is 29.7. The lowest BCUT2D eigenvalue weighted by molar-refractivity contribution is -0.164. The number of imidazole rings is 2. The molecule has 6 aromatic heterocycles. The van der Waals surface area contributed by atoms with E-state index in [2.05, 4.69) is 117 Å². The van der Waals surface area contributed by atoms with Gasteiger partial charge in [0.2, 0.25) is 0 Å². The Morgan fingerprint density at radius 1 is 0.393 bits per heavy atom. The number of piperidine rings is 4. The zero-order valence-electron chi connectivity index (χ0n) is 68.2. The lowest BCUT2D eigenvalue weighted by Gasteiger charge is -2.35. The van der Waals surface area contributed by atoms with Crippen molar-refractivity contribution in [3.05, 3.63) is 292 Å². The van der Waals surface area contributed by atoms with Crippen molar-refractivity contribution in [1.82, 2.24) is 67.7 Å². The van der Waals surface area contributed by atoms with Crippen LogP contribution in [0.5, 0.6) is 0 Å². The molecule has 0 spiro atoms. The number of aromatic nitrogens is 8. The third-order valence-corrected chi connectivity index (χ3v) is 27.9. The number of halogens is 4. The van der Waals surface area contributed by atoms with Gasteiger partial charge in [-0.25, -0.2) is 46.7 Å². The van der Waals surface area contributed by atoms with Gasteiger partial charge >= 0.3 is 0 Å². The Bertz CT molecular complexity index is 5160. The number of fused-ring (bicyclic) bond motifs is 8. The quantitative estimate of drug-likeness (QED) is 0.0190. The van der Waals surface area contributed by atoms with Gasteiger partial charge in [-0.05, 0) is 217 Å². The largest absolute Gasteiger partial charge is 0.384 e. The fraction of sp³-hybridized carbons (Fsp3) is 0.378. The van der Waals surface area contributed by atoms with E-state index >= 15 is 0 Å². The summed E-state index contributed by atoms with van der Waals surface area (Å²) in [6.45, 7) is 8.90. The number of benzene rings is 4. The molecule has 24 nitrogen and oxygen atoms in total. The van der Waals surface area contributed by atoms with Gasteiger partial charge in [-0.3, -0.25) is 29.5 Å². The topological polar surface area (TPSA) is 254 Å². The minimum atomic E-state index is 0.107. The smallest absolute Gasteiger partial charge is 0.169 e. The molecule has 4 aromatic carbocycles. The Labute approximate surface area is 749 Å². The predicted octanol–water partition coefficient (Wildman–Crippen LogP) is 19.1. The first kappa shape index (κ1) is 89.2. The third-order valence-electron chi connectivity index (χ3n) is 23.9. The van der Waals surface area contributed by atoms with Crippen LogP contribution in [-0.4, -0.2) is 163 Å². The molecule has 4 N–H and O–H groups in total. The van der Waals surface area contributed by atoms with E-state index in [0.29, 0.717) is 46.6 Å². The van der Waals surface area contributed by atoms with Gasteiger partial charge < -0.3 is 20.6 Å². The van der Waals surface area contributed by atoms with Gasteiger partial charge in [0.15, 0.2) is 11.6 Å². The standard InChI is InChI=1S/2C25H28ClN5O2S.2C20H21ClN2O3S/c1-32-33-34-31-11-7-17(8-12-31)24-21-5-4-19(26)13-18(21)14-23(22-3-2-9-29-25(22)24)28-10-6-20-15-27-16-30-20;1-32-33-34-31-11-7-17(8-12-31)24-21-5-4-19(26)14-22(21)23(13-18-3-2-9-29-25(18)24)28-10-6-20-15-27-16-30-20;1-25-26-27-23-9-6-13(7-10-23)19-16-5-4-15(21)11-14(16)12-18(24)17-3-2-8-22-20(17)19;1-25-26-27-23-9-6-13(7-10-23)19-16-5-4-15(21)12-17(16)18(24)11-14-3-2-8-22-20(14)19/h2*2-5,9,13-17,24,28H,6-8,10-12H2,1H3,(H,27,30);2-5,8,11,13,19H,6-7,9-10,12H2,1H3;2-5,8,12-13,19H,6-7,9-11H2,1H3. The van der Waals surface area contributed by atoms with Crippen molar-refractivity contribution >= 4 is 130 Å². The van der Waals surface area contributed by atoms with Crippen LogP contribution in [0.3, 0.4) is 0 Å². The third kappa shape index (κ3) is 22.2. The second kappa shape index (κ2) is 44.0. The first-order chi connectivity index (χ1) is 59.8. The molecule has 4 fully saturated rings. The van der Waals surface area contributed by atoms with Crippen LogP contribution in [0.1, 0.15) is 186 Å². The molecule has 10 aromatic rings. The molecule has 4 unspecified atom stereocenters. The number of pyridine rings is 4. The summed E-state index contributed by atoms with van der Waals surface area (Å²) in [7, 11) is 6.08. The normalized spacial score (nSPS) is 19.6. The number of aromatic amines is 2. The van der Waals surface area contributed by atoms with Crippen molar-refractivity contribution in [3.63, 3.8) is 0 Å². The highest BCUT2D eigenvalue weighted by Gasteiger charge is 2.41. The van der Waals surface area contributed by atoms with E-state index in [1.165, 1.54) is 94.0 Å². The summed E-state index contributed by atoms with van der Waals surface area (Å²) in [5.74, 6) is 2.58. The van der Waals surface area contributed by atoms with Crippen molar-refractivity contribution < 1.29 is 46.5 Å². The molecule has 640 valence electrons. The molecule has 8 aliphatic rings. The number of Topliss-reactive ketones (excluding diaryl/α,β-unsaturated/α-hetero) is 2. The number of H-pyrrole nitrogens is 2. The van der Waals surface area contributed by atoms with Crippen LogP contribution in [-0.2, 0) is 62.6 Å². The zero-order chi connectivity index (χ0) is 84.3. The van der Waals surface area contributed by atoms with Crippen molar-refractivity contribution in [2.75, 3.05) is 93.9 Å². The fourth-order valence-electron chi connectivity index (χ4n) is 18.3. The number of carbonyl (C=O) groups excluding carboxylic acids is 2. The minimum Gasteiger partial charge on any atom is -0.384 e. The molecular weight excluding hydrogens is 1710 g/mol. The zero-order valence-corrected chi connectivity index (χ0v) is 74.5. The summed E-state index contributed by atoms with van der Waals surface area (Å²) in [5.41, 5.74) is 21.5. The second-order valence-electron chi connectivity index (χ2n) is 31.0. The van der Waals surface area contributed by atoms with Crippen molar-refractivity contribution in [2.24, 2.45) is 23.7 Å².